The zero-order valence-electron chi connectivity index (χ0n) is 24.2. The number of methoxy groups -OCH3 is 1. The van der Waals surface area contributed by atoms with Crippen LogP contribution < -0.4 is 15.4 Å². The second kappa shape index (κ2) is 12.3. The number of hydrogen-bond acceptors (Lipinski definition) is 6. The highest BCUT2D eigenvalue weighted by molar-refractivity contribution is 5.90. The summed E-state index contributed by atoms with van der Waals surface area (Å²) in [6, 6.07) is 23.6. The second-order valence-electron chi connectivity index (χ2n) is 11.7. The van der Waals surface area contributed by atoms with Gasteiger partial charge in [-0.3, -0.25) is 9.59 Å². The van der Waals surface area contributed by atoms with Gasteiger partial charge in [0, 0.05) is 20.1 Å². The number of nitrogens with one attached hydrogen (secondary N) is 2. The molecule has 2 saturated heterocycles. The first-order valence-electron chi connectivity index (χ1n) is 14.7. The Hall–Kier alpha value is -4.24. The van der Waals surface area contributed by atoms with E-state index in [1.807, 2.05) is 48.3 Å². The zero-order valence-corrected chi connectivity index (χ0v) is 24.2. The largest absolute Gasteiger partial charge is 0.497 e. The van der Waals surface area contributed by atoms with Crippen molar-refractivity contribution in [1.29, 1.82) is 0 Å². The standard InChI is InChI=1S/C33H38N6O3/c1-38-30-13-10-24(16-28(30)36-37-38)19-35-32(40)31-18-26(15-23-8-11-27(42-2)12-9-23)21-39(31)33(41)29-17-25(20-34-29)14-22-6-4-3-5-7-22/h3-13,16,25-26,29,31,34H,14-15,17-21H2,1-2H3,(H,35,40). The number of amides is 2. The minimum Gasteiger partial charge on any atom is -0.497 e. The molecule has 4 unspecified atom stereocenters. The van der Waals surface area contributed by atoms with Gasteiger partial charge in [0.2, 0.25) is 11.8 Å². The van der Waals surface area contributed by atoms with Crippen LogP contribution in [0.25, 0.3) is 11.0 Å². The molecule has 218 valence electrons. The van der Waals surface area contributed by atoms with Crippen molar-refractivity contribution < 1.29 is 14.3 Å². The number of aromatic nitrogens is 3. The van der Waals surface area contributed by atoms with E-state index in [9.17, 15) is 9.59 Å². The highest BCUT2D eigenvalue weighted by Crippen LogP contribution is 2.30. The van der Waals surface area contributed by atoms with E-state index >= 15 is 0 Å². The smallest absolute Gasteiger partial charge is 0.243 e. The minimum atomic E-state index is -0.504. The van der Waals surface area contributed by atoms with Crippen molar-refractivity contribution in [1.82, 2.24) is 30.5 Å². The number of rotatable bonds is 9. The molecule has 3 heterocycles. The quantitative estimate of drug-likeness (QED) is 0.323. The Balaban J connectivity index is 1.14. The normalized spacial score (nSPS) is 22.0. The molecule has 1 aromatic heterocycles. The zero-order chi connectivity index (χ0) is 29.1. The Kier molecular flexibility index (Phi) is 8.19. The maximum absolute atomic E-state index is 13.9. The summed E-state index contributed by atoms with van der Waals surface area (Å²) in [5.74, 6) is 1.32. The summed E-state index contributed by atoms with van der Waals surface area (Å²) >= 11 is 0. The number of carbonyl (C=O) groups is 2. The van der Waals surface area contributed by atoms with Gasteiger partial charge in [0.1, 0.15) is 17.3 Å². The van der Waals surface area contributed by atoms with Crippen LogP contribution in [0.2, 0.25) is 0 Å². The van der Waals surface area contributed by atoms with Gasteiger partial charge in [-0.1, -0.05) is 53.7 Å². The molecule has 2 aliphatic rings. The molecule has 42 heavy (non-hydrogen) atoms. The molecule has 0 aliphatic carbocycles. The van der Waals surface area contributed by atoms with Crippen LogP contribution >= 0.6 is 0 Å². The van der Waals surface area contributed by atoms with Crippen LogP contribution in [0.15, 0.2) is 72.8 Å². The second-order valence-corrected chi connectivity index (χ2v) is 11.7. The molecular formula is C33H38N6O3. The first-order chi connectivity index (χ1) is 20.5. The number of likely N-dealkylation sites (tertiary alicyclic amines) is 1. The van der Waals surface area contributed by atoms with Crippen molar-refractivity contribution in [3.8, 4) is 5.75 Å². The van der Waals surface area contributed by atoms with E-state index < -0.39 is 6.04 Å². The lowest BCUT2D eigenvalue weighted by molar-refractivity contribution is -0.139. The lowest BCUT2D eigenvalue weighted by atomic mass is 9.96. The van der Waals surface area contributed by atoms with E-state index in [0.717, 1.165) is 48.2 Å². The summed E-state index contributed by atoms with van der Waals surface area (Å²) in [6.07, 6.45) is 3.15. The van der Waals surface area contributed by atoms with Crippen molar-refractivity contribution in [2.24, 2.45) is 18.9 Å². The van der Waals surface area contributed by atoms with E-state index in [1.165, 1.54) is 11.1 Å². The van der Waals surface area contributed by atoms with Crippen LogP contribution in [-0.2, 0) is 36.0 Å². The van der Waals surface area contributed by atoms with Gasteiger partial charge in [-0.05, 0) is 85.0 Å². The van der Waals surface area contributed by atoms with Crippen molar-refractivity contribution >= 4 is 22.8 Å². The van der Waals surface area contributed by atoms with E-state index in [1.54, 1.807) is 11.8 Å². The lowest BCUT2D eigenvalue weighted by Gasteiger charge is -2.27. The van der Waals surface area contributed by atoms with Crippen molar-refractivity contribution in [2.75, 3.05) is 20.2 Å². The first kappa shape index (κ1) is 27.9. The van der Waals surface area contributed by atoms with Crippen LogP contribution in [0, 0.1) is 11.8 Å². The molecule has 6 rings (SSSR count). The van der Waals surface area contributed by atoms with E-state index in [2.05, 4.69) is 57.3 Å². The van der Waals surface area contributed by atoms with E-state index in [-0.39, 0.29) is 23.8 Å². The van der Waals surface area contributed by atoms with Crippen LogP contribution in [-0.4, -0.2) is 64.0 Å². The average molecular weight is 567 g/mol. The number of carbonyl (C=O) groups excluding carboxylic acids is 2. The fourth-order valence-electron chi connectivity index (χ4n) is 6.46. The topological polar surface area (TPSA) is 101 Å². The Morgan fingerprint density at radius 1 is 0.952 bits per heavy atom. The summed E-state index contributed by atoms with van der Waals surface area (Å²) in [6.45, 7) is 1.74. The summed E-state index contributed by atoms with van der Waals surface area (Å²) in [5.41, 5.74) is 5.14. The first-order valence-corrected chi connectivity index (χ1v) is 14.7. The summed E-state index contributed by atoms with van der Waals surface area (Å²) in [4.78, 5) is 29.4. The Labute approximate surface area is 246 Å². The molecule has 4 aromatic rings. The number of nitrogens with zero attached hydrogens (tertiary/aromatic N) is 4. The summed E-state index contributed by atoms with van der Waals surface area (Å²) in [5, 5.41) is 14.8. The monoisotopic (exact) mass is 566 g/mol. The molecular weight excluding hydrogens is 528 g/mol. The van der Waals surface area contributed by atoms with Crippen LogP contribution in [0.5, 0.6) is 5.75 Å². The highest BCUT2D eigenvalue weighted by Gasteiger charge is 2.43. The molecule has 2 N–H and O–H groups in total. The lowest BCUT2D eigenvalue weighted by Crippen LogP contribution is -2.51. The molecule has 0 spiro atoms. The summed E-state index contributed by atoms with van der Waals surface area (Å²) in [7, 11) is 3.51. The fraction of sp³-hybridized carbons (Fsp3) is 0.394. The maximum Gasteiger partial charge on any atom is 0.243 e. The number of ether oxygens (including phenoxy) is 1. The molecule has 0 bridgehead atoms. The molecule has 9 nitrogen and oxygen atoms in total. The predicted octanol–water partition coefficient (Wildman–Crippen LogP) is 3.27. The Bertz CT molecular complexity index is 1540. The molecule has 0 saturated carbocycles. The van der Waals surface area contributed by atoms with E-state index in [4.69, 9.17) is 4.74 Å². The third-order valence-electron chi connectivity index (χ3n) is 8.69. The third kappa shape index (κ3) is 6.16. The minimum absolute atomic E-state index is 0.0314. The van der Waals surface area contributed by atoms with Gasteiger partial charge in [-0.2, -0.15) is 0 Å². The van der Waals surface area contributed by atoms with Crippen LogP contribution in [0.4, 0.5) is 0 Å². The van der Waals surface area contributed by atoms with Crippen molar-refractivity contribution in [3.63, 3.8) is 0 Å². The molecule has 2 aliphatic heterocycles. The predicted molar refractivity (Wildman–Crippen MR) is 161 cm³/mol. The SMILES string of the molecule is COc1ccc(CC2CC(C(=O)NCc3ccc4c(c3)nnn4C)N(C(=O)C3CC(Cc4ccccc4)CN3)C2)cc1. The Morgan fingerprint density at radius 2 is 1.69 bits per heavy atom. The third-order valence-corrected chi connectivity index (χ3v) is 8.69. The van der Waals surface area contributed by atoms with Crippen molar-refractivity contribution in [3.05, 3.63) is 89.5 Å². The number of benzene rings is 3. The van der Waals surface area contributed by atoms with Gasteiger partial charge >= 0.3 is 0 Å². The molecule has 0 radical (unpaired) electrons. The number of fused-ring (bicyclic) bond motifs is 1. The Morgan fingerprint density at radius 3 is 2.48 bits per heavy atom. The van der Waals surface area contributed by atoms with E-state index in [0.29, 0.717) is 25.4 Å². The molecule has 2 fully saturated rings. The maximum atomic E-state index is 13.9. The van der Waals surface area contributed by atoms with Gasteiger partial charge in [-0.25, -0.2) is 4.68 Å². The molecule has 9 heteroatoms. The number of aryl methyl sites for hydroxylation is 1. The fourth-order valence-corrected chi connectivity index (χ4v) is 6.46. The van der Waals surface area contributed by atoms with Gasteiger partial charge in [0.25, 0.3) is 0 Å². The van der Waals surface area contributed by atoms with Gasteiger partial charge in [-0.15, -0.1) is 5.10 Å². The molecule has 2 amide bonds. The average Bonchev–Trinajstić information content (AvgIpc) is 3.75. The van der Waals surface area contributed by atoms with Crippen LogP contribution in [0.1, 0.15) is 29.5 Å². The molecule has 3 aromatic carbocycles. The summed E-state index contributed by atoms with van der Waals surface area (Å²) < 4.78 is 7.03. The van der Waals surface area contributed by atoms with Gasteiger partial charge in [0.15, 0.2) is 0 Å². The van der Waals surface area contributed by atoms with Crippen molar-refractivity contribution in [2.45, 2.75) is 44.3 Å². The molecule has 4 atom stereocenters. The van der Waals surface area contributed by atoms with Crippen LogP contribution in [0.3, 0.4) is 0 Å². The van der Waals surface area contributed by atoms with Gasteiger partial charge < -0.3 is 20.3 Å². The highest BCUT2D eigenvalue weighted by atomic mass is 16.5. The van der Waals surface area contributed by atoms with Gasteiger partial charge in [0.05, 0.1) is 18.7 Å². The number of hydrogen-bond donors (Lipinski definition) is 2.